The molecule has 0 spiro atoms. The highest BCUT2D eigenvalue weighted by Crippen LogP contribution is 2.29. The Bertz CT molecular complexity index is 850. The second-order valence-electron chi connectivity index (χ2n) is 13.1. The van der Waals surface area contributed by atoms with Crippen LogP contribution in [-0.2, 0) is 19.2 Å². The van der Waals surface area contributed by atoms with Crippen LogP contribution in [0.2, 0.25) is 0 Å². The number of carbonyl (C=O) groups is 4. The van der Waals surface area contributed by atoms with Gasteiger partial charge in [0.25, 0.3) is 0 Å². The summed E-state index contributed by atoms with van der Waals surface area (Å²) in [5.41, 5.74) is 0. The summed E-state index contributed by atoms with van der Waals surface area (Å²) >= 11 is 0. The zero-order valence-electron chi connectivity index (χ0n) is 24.5. The molecule has 220 valence electrons. The third-order valence-corrected chi connectivity index (χ3v) is 9.64. The first-order valence-electron chi connectivity index (χ1n) is 16.0. The summed E-state index contributed by atoms with van der Waals surface area (Å²) in [4.78, 5) is 56.6. The van der Waals surface area contributed by atoms with Gasteiger partial charge in [-0.05, 0) is 62.7 Å². The van der Waals surface area contributed by atoms with Crippen LogP contribution in [0.3, 0.4) is 0 Å². The second kappa shape index (κ2) is 14.5. The van der Waals surface area contributed by atoms with Crippen LogP contribution in [0.25, 0.3) is 0 Å². The van der Waals surface area contributed by atoms with Crippen LogP contribution < -0.4 is 5.32 Å². The van der Waals surface area contributed by atoms with E-state index >= 15 is 0 Å². The monoisotopic (exact) mass is 544 g/mol. The quantitative estimate of drug-likeness (QED) is 0.296. The molecule has 0 radical (unpaired) electrons. The Kier molecular flexibility index (Phi) is 11.1. The maximum Gasteiger partial charge on any atom is 0.312 e. The van der Waals surface area contributed by atoms with Gasteiger partial charge in [-0.3, -0.25) is 19.2 Å². The van der Waals surface area contributed by atoms with Gasteiger partial charge in [0.15, 0.2) is 0 Å². The minimum atomic E-state index is -0.483. The molecule has 4 rings (SSSR count). The van der Waals surface area contributed by atoms with Crippen molar-refractivity contribution in [2.45, 2.75) is 122 Å². The smallest absolute Gasteiger partial charge is 0.312 e. The lowest BCUT2D eigenvalue weighted by molar-refractivity contribution is -0.159. The van der Waals surface area contributed by atoms with Crippen molar-refractivity contribution in [3.05, 3.63) is 0 Å². The maximum atomic E-state index is 13.2. The van der Waals surface area contributed by atoms with E-state index in [4.69, 9.17) is 0 Å². The summed E-state index contributed by atoms with van der Waals surface area (Å²) in [6, 6.07) is 0.107. The van der Waals surface area contributed by atoms with E-state index in [-0.39, 0.29) is 23.9 Å². The van der Waals surface area contributed by atoms with E-state index in [0.29, 0.717) is 50.5 Å². The number of nitrogens with one attached hydrogen (secondary N) is 1. The van der Waals surface area contributed by atoms with Gasteiger partial charge in [-0.1, -0.05) is 65.2 Å². The number of hydrogen-bond donors (Lipinski definition) is 1. The highest BCUT2D eigenvalue weighted by atomic mass is 16.2. The Balaban J connectivity index is 1.27. The zero-order valence-corrected chi connectivity index (χ0v) is 24.5. The molecular formula is C31H52N4O4. The molecule has 4 fully saturated rings. The number of amides is 4. The van der Waals surface area contributed by atoms with Crippen LogP contribution in [-0.4, -0.2) is 83.1 Å². The van der Waals surface area contributed by atoms with Crippen molar-refractivity contribution >= 4 is 23.6 Å². The lowest BCUT2D eigenvalue weighted by Gasteiger charge is -2.42. The molecule has 0 aromatic carbocycles. The summed E-state index contributed by atoms with van der Waals surface area (Å²) in [7, 11) is 0. The summed E-state index contributed by atoms with van der Waals surface area (Å²) in [6.07, 6.45) is 16.8. The average molecular weight is 545 g/mol. The van der Waals surface area contributed by atoms with Gasteiger partial charge in [0, 0.05) is 38.8 Å². The van der Waals surface area contributed by atoms with Gasteiger partial charge >= 0.3 is 23.6 Å². The molecule has 2 aliphatic carbocycles. The normalized spacial score (nSPS) is 26.1. The number of nitrogens with zero attached hydrogens (tertiary/aromatic N) is 3. The highest BCUT2D eigenvalue weighted by molar-refractivity contribution is 6.36. The number of carbonyl (C=O) groups excluding carboxylic acids is 4. The van der Waals surface area contributed by atoms with E-state index in [1.165, 1.54) is 51.4 Å². The Morgan fingerprint density at radius 1 is 0.718 bits per heavy atom. The van der Waals surface area contributed by atoms with Crippen LogP contribution in [0.15, 0.2) is 0 Å². The van der Waals surface area contributed by atoms with E-state index in [2.05, 4.69) is 19.2 Å². The zero-order chi connectivity index (χ0) is 27.8. The van der Waals surface area contributed by atoms with Gasteiger partial charge in [0.1, 0.15) is 0 Å². The molecule has 4 amide bonds. The molecule has 4 aliphatic rings. The first kappa shape index (κ1) is 29.9. The molecule has 0 bridgehead atoms. The molecule has 8 nitrogen and oxygen atoms in total. The molecule has 0 aromatic heterocycles. The fourth-order valence-corrected chi connectivity index (χ4v) is 7.39. The average Bonchev–Trinajstić information content (AvgIpc) is 2.93. The van der Waals surface area contributed by atoms with E-state index in [1.807, 2.05) is 9.80 Å². The van der Waals surface area contributed by atoms with Crippen LogP contribution in [0, 0.1) is 17.8 Å². The van der Waals surface area contributed by atoms with Crippen molar-refractivity contribution in [2.24, 2.45) is 17.8 Å². The molecule has 8 heteroatoms. The molecule has 2 saturated heterocycles. The van der Waals surface area contributed by atoms with E-state index < -0.39 is 11.8 Å². The predicted octanol–water partition coefficient (Wildman–Crippen LogP) is 4.12. The van der Waals surface area contributed by atoms with Gasteiger partial charge in [-0.2, -0.15) is 0 Å². The Hall–Kier alpha value is -2.12. The lowest BCUT2D eigenvalue weighted by Crippen LogP contribution is -2.60. The van der Waals surface area contributed by atoms with Crippen LogP contribution in [0.4, 0.5) is 0 Å². The summed E-state index contributed by atoms with van der Waals surface area (Å²) in [5.74, 6) is 0.103. The van der Waals surface area contributed by atoms with Crippen molar-refractivity contribution in [2.75, 3.05) is 32.7 Å². The molecule has 2 heterocycles. The molecular weight excluding hydrogens is 492 g/mol. The third-order valence-electron chi connectivity index (χ3n) is 9.64. The van der Waals surface area contributed by atoms with Crippen molar-refractivity contribution < 1.29 is 19.2 Å². The number of hydrogen-bond acceptors (Lipinski definition) is 4. The molecule has 0 aromatic rings. The number of piperazine rings is 2. The van der Waals surface area contributed by atoms with E-state index in [9.17, 15) is 19.2 Å². The Morgan fingerprint density at radius 2 is 1.38 bits per heavy atom. The molecule has 0 unspecified atom stereocenters. The first-order valence-corrected chi connectivity index (χ1v) is 16.0. The van der Waals surface area contributed by atoms with Crippen molar-refractivity contribution in [3.8, 4) is 0 Å². The molecule has 2 aliphatic heterocycles. The minimum absolute atomic E-state index is 0.0137. The third kappa shape index (κ3) is 8.20. The van der Waals surface area contributed by atoms with E-state index in [1.54, 1.807) is 4.90 Å². The topological polar surface area (TPSA) is 90.0 Å². The van der Waals surface area contributed by atoms with Crippen molar-refractivity contribution in [1.82, 2.24) is 20.0 Å². The van der Waals surface area contributed by atoms with Crippen LogP contribution >= 0.6 is 0 Å². The minimum Gasteiger partial charge on any atom is -0.346 e. The van der Waals surface area contributed by atoms with Gasteiger partial charge < -0.3 is 20.0 Å². The van der Waals surface area contributed by atoms with Crippen LogP contribution in [0.1, 0.15) is 110 Å². The van der Waals surface area contributed by atoms with Crippen LogP contribution in [0.5, 0.6) is 0 Å². The lowest BCUT2D eigenvalue weighted by atomic mass is 9.86. The second-order valence-corrected chi connectivity index (χ2v) is 13.1. The van der Waals surface area contributed by atoms with Gasteiger partial charge in [0.2, 0.25) is 0 Å². The van der Waals surface area contributed by atoms with Crippen molar-refractivity contribution in [3.63, 3.8) is 0 Å². The van der Waals surface area contributed by atoms with Gasteiger partial charge in [-0.25, -0.2) is 0 Å². The number of unbranched alkanes of at least 4 members (excludes halogenated alkanes) is 1. The summed E-state index contributed by atoms with van der Waals surface area (Å²) in [5, 5.41) is 2.77. The molecule has 1 N–H and O–H groups in total. The Labute approximate surface area is 235 Å². The summed E-state index contributed by atoms with van der Waals surface area (Å²) in [6.45, 7) is 7.47. The predicted molar refractivity (Wildman–Crippen MR) is 152 cm³/mol. The van der Waals surface area contributed by atoms with Crippen molar-refractivity contribution in [1.29, 1.82) is 0 Å². The number of rotatable bonds is 12. The Morgan fingerprint density at radius 3 is 2.05 bits per heavy atom. The molecule has 39 heavy (non-hydrogen) atoms. The van der Waals surface area contributed by atoms with Gasteiger partial charge in [-0.15, -0.1) is 0 Å². The first-order chi connectivity index (χ1) is 18.8. The standard InChI is InChI=1S/C31H52N4O4/c1-23(2)19-27-22-33(30(38)31(39)34(27)18-16-24-11-5-3-6-12-24)17-10-9-15-26-20-32-28(36)29(37)35(26)21-25-13-7-4-8-14-25/h23-27H,3-22H2,1-2H3,(H,32,36)/t26-,27+/m1/s1. The molecule has 2 saturated carbocycles. The SMILES string of the molecule is CC(C)C[C@H]1CN(CCCC[C@@H]2CNC(=O)C(=O)N2CC2CCCCC2)C(=O)C(=O)N1CCC1CCCCC1. The molecule has 2 atom stereocenters. The highest BCUT2D eigenvalue weighted by Gasteiger charge is 2.39. The summed E-state index contributed by atoms with van der Waals surface area (Å²) < 4.78 is 0. The fraction of sp³-hybridized carbons (Fsp3) is 0.871. The van der Waals surface area contributed by atoms with E-state index in [0.717, 1.165) is 44.9 Å². The fourth-order valence-electron chi connectivity index (χ4n) is 7.39. The largest absolute Gasteiger partial charge is 0.346 e. The van der Waals surface area contributed by atoms with Gasteiger partial charge in [0.05, 0.1) is 6.04 Å². The maximum absolute atomic E-state index is 13.2.